The van der Waals surface area contributed by atoms with Gasteiger partial charge in [-0.25, -0.2) is 0 Å². The fraction of sp³-hybridized carbons (Fsp3) is 0.429. The van der Waals surface area contributed by atoms with E-state index in [1.54, 1.807) is 0 Å². The zero-order chi connectivity index (χ0) is 14.0. The van der Waals surface area contributed by atoms with Crippen LogP contribution in [0.25, 0.3) is 0 Å². The predicted molar refractivity (Wildman–Crippen MR) is 75.7 cm³/mol. The van der Waals surface area contributed by atoms with E-state index in [4.69, 9.17) is 4.74 Å². The lowest BCUT2D eigenvalue weighted by molar-refractivity contribution is -0.148. The van der Waals surface area contributed by atoms with E-state index in [2.05, 4.69) is 21.2 Å². The molecule has 4 nitrogen and oxygen atoms in total. The number of rotatable bonds is 4. The highest BCUT2D eigenvalue weighted by molar-refractivity contribution is 9.10. The smallest absolute Gasteiger partial charge is 0.309 e. The first-order valence-corrected chi connectivity index (χ1v) is 6.99. The molecule has 0 aliphatic heterocycles. The Hall–Kier alpha value is -1.36. The van der Waals surface area contributed by atoms with Crippen molar-refractivity contribution in [2.75, 3.05) is 11.9 Å². The van der Waals surface area contributed by atoms with Gasteiger partial charge in [0.2, 0.25) is 0 Å². The van der Waals surface area contributed by atoms with E-state index in [1.807, 2.05) is 32.0 Å². The lowest BCUT2D eigenvalue weighted by atomic mass is 10.2. The van der Waals surface area contributed by atoms with Crippen LogP contribution in [0, 0.1) is 18.8 Å². The van der Waals surface area contributed by atoms with Crippen molar-refractivity contribution in [2.24, 2.45) is 11.8 Å². The summed E-state index contributed by atoms with van der Waals surface area (Å²) in [7, 11) is 0. The zero-order valence-electron chi connectivity index (χ0n) is 10.9. The maximum atomic E-state index is 11.7. The second-order valence-corrected chi connectivity index (χ2v) is 5.81. The Morgan fingerprint density at radius 1 is 1.47 bits per heavy atom. The number of anilines is 1. The van der Waals surface area contributed by atoms with Gasteiger partial charge in [-0.1, -0.05) is 13.0 Å². The van der Waals surface area contributed by atoms with Crippen LogP contribution < -0.4 is 5.32 Å². The normalized spacial score (nSPS) is 20.8. The number of carbonyl (C=O) groups excluding carboxylic acids is 2. The predicted octanol–water partition coefficient (Wildman–Crippen LogP) is 2.90. The van der Waals surface area contributed by atoms with Gasteiger partial charge in [-0.2, -0.15) is 0 Å². The van der Waals surface area contributed by atoms with Crippen molar-refractivity contribution in [1.82, 2.24) is 0 Å². The van der Waals surface area contributed by atoms with E-state index in [0.29, 0.717) is 11.6 Å². The molecule has 102 valence electrons. The van der Waals surface area contributed by atoms with Gasteiger partial charge in [-0.05, 0) is 52.9 Å². The number of amides is 1. The molecule has 0 spiro atoms. The van der Waals surface area contributed by atoms with Gasteiger partial charge in [0.1, 0.15) is 0 Å². The van der Waals surface area contributed by atoms with E-state index < -0.39 is 0 Å². The number of carbonyl (C=O) groups is 2. The molecule has 0 heterocycles. The highest BCUT2D eigenvalue weighted by Crippen LogP contribution is 2.38. The fourth-order valence-electron chi connectivity index (χ4n) is 1.80. The Morgan fingerprint density at radius 3 is 2.74 bits per heavy atom. The molecule has 0 unspecified atom stereocenters. The molecule has 0 aromatic heterocycles. The summed E-state index contributed by atoms with van der Waals surface area (Å²) in [4.78, 5) is 23.1. The van der Waals surface area contributed by atoms with E-state index in [-0.39, 0.29) is 24.4 Å². The van der Waals surface area contributed by atoms with Crippen LogP contribution in [0.5, 0.6) is 0 Å². The van der Waals surface area contributed by atoms with Crippen molar-refractivity contribution >= 4 is 33.5 Å². The Bertz CT molecular complexity index is 515. The summed E-state index contributed by atoms with van der Waals surface area (Å²) in [6.07, 6.45) is 0.865. The van der Waals surface area contributed by atoms with Crippen molar-refractivity contribution in [3.05, 3.63) is 28.2 Å². The van der Waals surface area contributed by atoms with Crippen LogP contribution in [0.1, 0.15) is 18.9 Å². The van der Waals surface area contributed by atoms with Gasteiger partial charge in [-0.15, -0.1) is 0 Å². The Labute approximate surface area is 120 Å². The van der Waals surface area contributed by atoms with Crippen molar-refractivity contribution < 1.29 is 14.3 Å². The highest BCUT2D eigenvalue weighted by atomic mass is 79.9. The highest BCUT2D eigenvalue weighted by Gasteiger charge is 2.40. The summed E-state index contributed by atoms with van der Waals surface area (Å²) < 4.78 is 5.78. The Kier molecular flexibility index (Phi) is 4.24. The van der Waals surface area contributed by atoms with Gasteiger partial charge in [0, 0.05) is 4.47 Å². The molecule has 1 fully saturated rings. The number of hydrogen-bond donors (Lipinski definition) is 1. The molecule has 1 aliphatic carbocycles. The monoisotopic (exact) mass is 325 g/mol. The van der Waals surface area contributed by atoms with E-state index in [0.717, 1.165) is 16.5 Å². The van der Waals surface area contributed by atoms with Crippen LogP contribution in [0.2, 0.25) is 0 Å². The molecule has 5 heteroatoms. The lowest BCUT2D eigenvalue weighted by Gasteiger charge is -2.08. The molecule has 1 aliphatic rings. The summed E-state index contributed by atoms with van der Waals surface area (Å²) in [5, 5.41) is 2.70. The fourth-order valence-corrected chi connectivity index (χ4v) is 2.39. The van der Waals surface area contributed by atoms with Crippen LogP contribution in [-0.2, 0) is 14.3 Å². The molecule has 1 aromatic carbocycles. The average molecular weight is 326 g/mol. The number of benzene rings is 1. The van der Waals surface area contributed by atoms with Crippen molar-refractivity contribution in [3.8, 4) is 0 Å². The number of halogens is 1. The van der Waals surface area contributed by atoms with Crippen molar-refractivity contribution in [1.29, 1.82) is 0 Å². The van der Waals surface area contributed by atoms with Crippen LogP contribution in [0.15, 0.2) is 22.7 Å². The number of aryl methyl sites for hydroxylation is 1. The van der Waals surface area contributed by atoms with Crippen LogP contribution in [0.3, 0.4) is 0 Å². The minimum Gasteiger partial charge on any atom is -0.455 e. The maximum Gasteiger partial charge on any atom is 0.309 e. The van der Waals surface area contributed by atoms with Gasteiger partial charge < -0.3 is 10.1 Å². The summed E-state index contributed by atoms with van der Waals surface area (Å²) in [6, 6.07) is 5.62. The second-order valence-electron chi connectivity index (χ2n) is 4.96. The number of hydrogen-bond acceptors (Lipinski definition) is 3. The molecule has 0 radical (unpaired) electrons. The first-order valence-electron chi connectivity index (χ1n) is 6.20. The standard InChI is InChI=1S/C14H16BrNO3/c1-8-3-4-12(11(15)5-8)16-13(17)7-19-14(18)10-6-9(10)2/h3-5,9-10H,6-7H2,1-2H3,(H,16,17)/t9-,10+/m1/s1. The molecule has 0 bridgehead atoms. The first-order chi connectivity index (χ1) is 8.97. The lowest BCUT2D eigenvalue weighted by Crippen LogP contribution is -2.21. The molecule has 19 heavy (non-hydrogen) atoms. The second kappa shape index (κ2) is 5.74. The van der Waals surface area contributed by atoms with Crippen LogP contribution in [0.4, 0.5) is 5.69 Å². The third-order valence-corrected chi connectivity index (χ3v) is 3.81. The summed E-state index contributed by atoms with van der Waals surface area (Å²) in [5.41, 5.74) is 1.77. The molecule has 1 saturated carbocycles. The van der Waals surface area contributed by atoms with Gasteiger partial charge in [0.15, 0.2) is 6.61 Å². The van der Waals surface area contributed by atoms with Gasteiger partial charge >= 0.3 is 5.97 Å². The maximum absolute atomic E-state index is 11.7. The number of esters is 1. The van der Waals surface area contributed by atoms with Crippen LogP contribution >= 0.6 is 15.9 Å². The number of nitrogens with one attached hydrogen (secondary N) is 1. The molecular weight excluding hydrogens is 310 g/mol. The minimum absolute atomic E-state index is 0.0149. The largest absolute Gasteiger partial charge is 0.455 e. The molecule has 1 aromatic rings. The molecule has 1 N–H and O–H groups in total. The zero-order valence-corrected chi connectivity index (χ0v) is 12.5. The van der Waals surface area contributed by atoms with E-state index in [9.17, 15) is 9.59 Å². The Balaban J connectivity index is 1.82. The third kappa shape index (κ3) is 3.80. The summed E-state index contributed by atoms with van der Waals surface area (Å²) in [6.45, 7) is 3.73. The average Bonchev–Trinajstić information content (AvgIpc) is 3.07. The van der Waals surface area contributed by atoms with Gasteiger partial charge in [0.25, 0.3) is 5.91 Å². The van der Waals surface area contributed by atoms with E-state index >= 15 is 0 Å². The topological polar surface area (TPSA) is 55.4 Å². The molecular formula is C14H16BrNO3. The molecule has 2 atom stereocenters. The van der Waals surface area contributed by atoms with Crippen molar-refractivity contribution in [2.45, 2.75) is 20.3 Å². The number of ether oxygens (including phenoxy) is 1. The third-order valence-electron chi connectivity index (χ3n) is 3.16. The SMILES string of the molecule is Cc1ccc(NC(=O)COC(=O)[C@H]2C[C@H]2C)c(Br)c1. The van der Waals surface area contributed by atoms with Gasteiger partial charge in [-0.3, -0.25) is 9.59 Å². The molecule has 1 amide bonds. The minimum atomic E-state index is -0.328. The quantitative estimate of drug-likeness (QED) is 0.866. The molecule has 2 rings (SSSR count). The summed E-state index contributed by atoms with van der Waals surface area (Å²) >= 11 is 3.37. The summed E-state index contributed by atoms with van der Waals surface area (Å²) in [5.74, 6) is -0.224. The first kappa shape index (κ1) is 14.1. The Morgan fingerprint density at radius 2 is 2.16 bits per heavy atom. The van der Waals surface area contributed by atoms with Gasteiger partial charge in [0.05, 0.1) is 11.6 Å². The van der Waals surface area contributed by atoms with Crippen molar-refractivity contribution in [3.63, 3.8) is 0 Å². The van der Waals surface area contributed by atoms with Crippen LogP contribution in [-0.4, -0.2) is 18.5 Å². The van der Waals surface area contributed by atoms with E-state index in [1.165, 1.54) is 0 Å². The molecule has 0 saturated heterocycles.